The molecule has 0 aliphatic carbocycles. The predicted molar refractivity (Wildman–Crippen MR) is 61.8 cm³/mol. The van der Waals surface area contributed by atoms with Crippen LogP contribution in [0, 0.1) is 11.8 Å². The van der Waals surface area contributed by atoms with Crippen LogP contribution in [0.3, 0.4) is 0 Å². The van der Waals surface area contributed by atoms with E-state index in [1.165, 1.54) is 18.4 Å². The van der Waals surface area contributed by atoms with E-state index in [1.807, 2.05) is 6.92 Å². The van der Waals surface area contributed by atoms with Crippen molar-refractivity contribution in [3.63, 3.8) is 0 Å². The molecule has 15 heavy (non-hydrogen) atoms. The van der Waals surface area contributed by atoms with Crippen LogP contribution in [0.2, 0.25) is 0 Å². The van der Waals surface area contributed by atoms with Crippen molar-refractivity contribution < 1.29 is 9.53 Å². The van der Waals surface area contributed by atoms with Crippen molar-refractivity contribution in [3.05, 3.63) is 28.0 Å². The number of esters is 1. The highest BCUT2D eigenvalue weighted by Crippen LogP contribution is 2.24. The number of hydrogen-bond acceptors (Lipinski definition) is 4. The summed E-state index contributed by atoms with van der Waals surface area (Å²) in [6, 6.07) is 1.66. The second-order valence-corrected chi connectivity index (χ2v) is 3.97. The molecular formula is C11H11NO2S. The van der Waals surface area contributed by atoms with Crippen molar-refractivity contribution in [2.45, 2.75) is 6.92 Å². The van der Waals surface area contributed by atoms with Gasteiger partial charge in [0.25, 0.3) is 0 Å². The van der Waals surface area contributed by atoms with E-state index >= 15 is 0 Å². The number of carbonyl (C=O) groups excluding carboxylic acids is 1. The number of thiophene rings is 1. The van der Waals surface area contributed by atoms with E-state index in [0.29, 0.717) is 10.6 Å². The summed E-state index contributed by atoms with van der Waals surface area (Å²) in [5, 5.41) is 0. The Morgan fingerprint density at radius 3 is 2.87 bits per heavy atom. The summed E-state index contributed by atoms with van der Waals surface area (Å²) in [5.74, 6) is 5.25. The van der Waals surface area contributed by atoms with Crippen LogP contribution in [0.1, 0.15) is 21.5 Å². The monoisotopic (exact) mass is 221 g/mol. The molecule has 0 aliphatic heterocycles. The first-order valence-corrected chi connectivity index (χ1v) is 5.01. The SMILES string of the molecule is C=C(C)C#Cc1cc(N)c(C(=O)OC)s1. The Labute approximate surface area is 92.6 Å². The summed E-state index contributed by atoms with van der Waals surface area (Å²) >= 11 is 1.22. The molecular weight excluding hydrogens is 210 g/mol. The minimum atomic E-state index is -0.430. The molecule has 1 aromatic heterocycles. The van der Waals surface area contributed by atoms with Gasteiger partial charge >= 0.3 is 5.97 Å². The zero-order valence-corrected chi connectivity index (χ0v) is 9.40. The van der Waals surface area contributed by atoms with E-state index in [4.69, 9.17) is 5.73 Å². The van der Waals surface area contributed by atoms with Crippen molar-refractivity contribution in [2.75, 3.05) is 12.8 Å². The van der Waals surface area contributed by atoms with Gasteiger partial charge in [0.2, 0.25) is 0 Å². The number of nitrogen functional groups attached to an aromatic ring is 1. The lowest BCUT2D eigenvalue weighted by molar-refractivity contribution is 0.0607. The molecule has 0 fully saturated rings. The molecule has 0 unspecified atom stereocenters. The van der Waals surface area contributed by atoms with E-state index in [1.54, 1.807) is 6.07 Å². The minimum absolute atomic E-state index is 0.392. The summed E-state index contributed by atoms with van der Waals surface area (Å²) in [7, 11) is 1.32. The third-order valence-electron chi connectivity index (χ3n) is 1.53. The van der Waals surface area contributed by atoms with Crippen LogP contribution in [0.25, 0.3) is 0 Å². The molecule has 0 spiro atoms. The molecule has 0 atom stereocenters. The average Bonchev–Trinajstić information content (AvgIpc) is 2.55. The van der Waals surface area contributed by atoms with Crippen LogP contribution in [-0.2, 0) is 4.74 Å². The summed E-state index contributed by atoms with van der Waals surface area (Å²) in [6.45, 7) is 5.47. The summed E-state index contributed by atoms with van der Waals surface area (Å²) in [5.41, 5.74) is 6.81. The van der Waals surface area contributed by atoms with Crippen molar-refractivity contribution >= 4 is 23.0 Å². The first-order chi connectivity index (χ1) is 7.04. The Bertz CT molecular complexity index is 463. The Morgan fingerprint density at radius 2 is 2.33 bits per heavy atom. The number of rotatable bonds is 1. The average molecular weight is 221 g/mol. The maximum atomic E-state index is 11.2. The fourth-order valence-corrected chi connectivity index (χ4v) is 1.74. The Balaban J connectivity index is 3.02. The molecule has 4 heteroatoms. The van der Waals surface area contributed by atoms with Crippen LogP contribution in [0.4, 0.5) is 5.69 Å². The van der Waals surface area contributed by atoms with Crippen LogP contribution in [0.15, 0.2) is 18.2 Å². The minimum Gasteiger partial charge on any atom is -0.465 e. The quantitative estimate of drug-likeness (QED) is 0.583. The predicted octanol–water partition coefficient (Wildman–Crippen LogP) is 2.04. The number of anilines is 1. The lowest BCUT2D eigenvalue weighted by atomic mass is 10.3. The zero-order chi connectivity index (χ0) is 11.4. The van der Waals surface area contributed by atoms with E-state index in [2.05, 4.69) is 23.2 Å². The fourth-order valence-electron chi connectivity index (χ4n) is 0.887. The van der Waals surface area contributed by atoms with Gasteiger partial charge in [-0.1, -0.05) is 18.4 Å². The van der Waals surface area contributed by atoms with Crippen molar-refractivity contribution in [2.24, 2.45) is 0 Å². The van der Waals surface area contributed by atoms with Gasteiger partial charge in [-0.25, -0.2) is 4.79 Å². The standard InChI is InChI=1S/C11H11NO2S/c1-7(2)4-5-8-6-9(12)10(15-8)11(13)14-3/h6H,1,12H2,2-3H3. The molecule has 0 saturated heterocycles. The summed E-state index contributed by atoms with van der Waals surface area (Å²) in [4.78, 5) is 12.4. The maximum Gasteiger partial charge on any atom is 0.350 e. The normalized spacial score (nSPS) is 8.93. The van der Waals surface area contributed by atoms with Gasteiger partial charge in [0, 0.05) is 0 Å². The number of nitrogens with two attached hydrogens (primary N) is 1. The molecule has 0 aromatic carbocycles. The lowest BCUT2D eigenvalue weighted by Gasteiger charge is -1.94. The molecule has 0 bridgehead atoms. The van der Waals surface area contributed by atoms with Crippen molar-refractivity contribution in [3.8, 4) is 11.8 Å². The Hall–Kier alpha value is -1.73. The molecule has 1 rings (SSSR count). The zero-order valence-electron chi connectivity index (χ0n) is 8.59. The molecule has 78 valence electrons. The number of hydrogen-bond donors (Lipinski definition) is 1. The lowest BCUT2D eigenvalue weighted by Crippen LogP contribution is -2.00. The molecule has 3 nitrogen and oxygen atoms in total. The number of methoxy groups -OCH3 is 1. The second kappa shape index (κ2) is 4.67. The summed E-state index contributed by atoms with van der Waals surface area (Å²) in [6.07, 6.45) is 0. The Kier molecular flexibility index (Phi) is 3.53. The molecule has 0 saturated carbocycles. The maximum absolute atomic E-state index is 11.2. The topological polar surface area (TPSA) is 52.3 Å². The molecule has 1 heterocycles. The molecule has 0 amide bonds. The highest BCUT2D eigenvalue weighted by atomic mass is 32.1. The van der Waals surface area contributed by atoms with Crippen LogP contribution >= 0.6 is 11.3 Å². The van der Waals surface area contributed by atoms with E-state index in [0.717, 1.165) is 10.5 Å². The highest BCUT2D eigenvalue weighted by molar-refractivity contribution is 7.15. The van der Waals surface area contributed by atoms with Gasteiger partial charge < -0.3 is 10.5 Å². The van der Waals surface area contributed by atoms with Crippen LogP contribution in [-0.4, -0.2) is 13.1 Å². The van der Waals surface area contributed by atoms with Gasteiger partial charge in [-0.15, -0.1) is 11.3 Å². The molecule has 0 aliphatic rings. The van der Waals surface area contributed by atoms with E-state index in [9.17, 15) is 4.79 Å². The van der Waals surface area contributed by atoms with Gasteiger partial charge in [-0.05, 0) is 18.6 Å². The molecule has 1 aromatic rings. The first kappa shape index (κ1) is 11.3. The number of ether oxygens (including phenoxy) is 1. The number of allylic oxidation sites excluding steroid dienone is 1. The fraction of sp³-hybridized carbons (Fsp3) is 0.182. The van der Waals surface area contributed by atoms with Gasteiger partial charge in [0.05, 0.1) is 17.7 Å². The third-order valence-corrected chi connectivity index (χ3v) is 2.58. The first-order valence-electron chi connectivity index (χ1n) is 4.19. The van der Waals surface area contributed by atoms with Gasteiger partial charge in [0.15, 0.2) is 0 Å². The van der Waals surface area contributed by atoms with Crippen molar-refractivity contribution in [1.82, 2.24) is 0 Å². The van der Waals surface area contributed by atoms with Gasteiger partial charge in [-0.3, -0.25) is 0 Å². The van der Waals surface area contributed by atoms with Crippen LogP contribution < -0.4 is 5.73 Å². The van der Waals surface area contributed by atoms with Crippen LogP contribution in [0.5, 0.6) is 0 Å². The van der Waals surface area contributed by atoms with Gasteiger partial charge in [0.1, 0.15) is 4.88 Å². The van der Waals surface area contributed by atoms with E-state index in [-0.39, 0.29) is 0 Å². The second-order valence-electron chi connectivity index (χ2n) is 2.92. The smallest absolute Gasteiger partial charge is 0.350 e. The molecule has 2 N–H and O–H groups in total. The Morgan fingerprint density at radius 1 is 1.67 bits per heavy atom. The number of carbonyl (C=O) groups is 1. The van der Waals surface area contributed by atoms with Crippen molar-refractivity contribution in [1.29, 1.82) is 0 Å². The summed E-state index contributed by atoms with van der Waals surface area (Å²) < 4.78 is 4.58. The molecule has 0 radical (unpaired) electrons. The third kappa shape index (κ3) is 2.86. The highest BCUT2D eigenvalue weighted by Gasteiger charge is 2.13. The van der Waals surface area contributed by atoms with Gasteiger partial charge in [-0.2, -0.15) is 0 Å². The van der Waals surface area contributed by atoms with E-state index < -0.39 is 5.97 Å². The largest absolute Gasteiger partial charge is 0.465 e.